The van der Waals surface area contributed by atoms with Gasteiger partial charge in [-0.1, -0.05) is 6.07 Å². The fourth-order valence-corrected chi connectivity index (χ4v) is 1.57. The normalized spacial score (nSPS) is 12.7. The van der Waals surface area contributed by atoms with Crippen LogP contribution in [-0.4, -0.2) is 26.6 Å². The van der Waals surface area contributed by atoms with Crippen LogP contribution in [0.1, 0.15) is 18.0 Å². The van der Waals surface area contributed by atoms with Crippen molar-refractivity contribution < 1.29 is 32.2 Å². The first-order valence-corrected chi connectivity index (χ1v) is 5.53. The number of ether oxygens (including phenoxy) is 3. The zero-order valence-corrected chi connectivity index (χ0v) is 10.9. The summed E-state index contributed by atoms with van der Waals surface area (Å²) in [6, 6.07) is 2.72. The summed E-state index contributed by atoms with van der Waals surface area (Å²) in [6.07, 6.45) is -4.91. The lowest BCUT2D eigenvalue weighted by molar-refractivity contribution is -0.274. The molecule has 0 amide bonds. The number of esters is 1. The van der Waals surface area contributed by atoms with Crippen LogP contribution in [0.2, 0.25) is 0 Å². The molecule has 1 atom stereocenters. The monoisotopic (exact) mass is 293 g/mol. The summed E-state index contributed by atoms with van der Waals surface area (Å²) in [5.74, 6) is -0.860. The Morgan fingerprint density at radius 1 is 1.35 bits per heavy atom. The molecule has 0 heterocycles. The van der Waals surface area contributed by atoms with Crippen molar-refractivity contribution in [2.75, 3.05) is 14.2 Å². The third kappa shape index (κ3) is 4.61. The molecular weight excluding hydrogens is 279 g/mol. The SMILES string of the molecule is COC(=O)C[C@@H](N)c1ccc(OC(F)(F)F)cc1OC. The minimum Gasteiger partial charge on any atom is -0.496 e. The van der Waals surface area contributed by atoms with Crippen LogP contribution in [0, 0.1) is 0 Å². The van der Waals surface area contributed by atoms with E-state index in [1.54, 1.807) is 0 Å². The molecule has 1 aromatic carbocycles. The summed E-state index contributed by atoms with van der Waals surface area (Å²) in [5, 5.41) is 0. The first kappa shape index (κ1) is 16.1. The summed E-state index contributed by atoms with van der Waals surface area (Å²) >= 11 is 0. The van der Waals surface area contributed by atoms with Crippen LogP contribution >= 0.6 is 0 Å². The minimum absolute atomic E-state index is 0.100. The Bertz CT molecular complexity index is 476. The number of nitrogens with two attached hydrogens (primary N) is 1. The van der Waals surface area contributed by atoms with Crippen molar-refractivity contribution in [3.05, 3.63) is 23.8 Å². The molecule has 0 radical (unpaired) electrons. The van der Waals surface area contributed by atoms with Crippen LogP contribution in [0.3, 0.4) is 0 Å². The number of halogens is 3. The van der Waals surface area contributed by atoms with Crippen LogP contribution in [0.4, 0.5) is 13.2 Å². The van der Waals surface area contributed by atoms with Gasteiger partial charge in [0.1, 0.15) is 11.5 Å². The van der Waals surface area contributed by atoms with Crippen LogP contribution < -0.4 is 15.2 Å². The van der Waals surface area contributed by atoms with Crippen molar-refractivity contribution in [1.82, 2.24) is 0 Å². The molecule has 0 unspecified atom stereocenters. The lowest BCUT2D eigenvalue weighted by Crippen LogP contribution is -2.19. The zero-order valence-electron chi connectivity index (χ0n) is 10.9. The standard InChI is InChI=1S/C12H14F3NO4/c1-18-10-5-7(20-12(13,14)15)3-4-8(10)9(16)6-11(17)19-2/h3-5,9H,6,16H2,1-2H3/t9-/m1/s1. The molecule has 0 aliphatic carbocycles. The predicted octanol–water partition coefficient (Wildman–Crippen LogP) is 2.16. The Morgan fingerprint density at radius 3 is 2.50 bits per heavy atom. The van der Waals surface area contributed by atoms with Gasteiger partial charge in [-0.05, 0) is 6.07 Å². The quantitative estimate of drug-likeness (QED) is 0.842. The number of alkyl halides is 3. The highest BCUT2D eigenvalue weighted by atomic mass is 19.4. The van der Waals surface area contributed by atoms with Gasteiger partial charge in [-0.15, -0.1) is 13.2 Å². The van der Waals surface area contributed by atoms with Crippen molar-refractivity contribution in [3.8, 4) is 11.5 Å². The van der Waals surface area contributed by atoms with Gasteiger partial charge in [0.2, 0.25) is 0 Å². The molecule has 2 N–H and O–H groups in total. The van der Waals surface area contributed by atoms with E-state index in [2.05, 4.69) is 9.47 Å². The molecule has 0 bridgehead atoms. The maximum absolute atomic E-state index is 12.1. The molecule has 0 saturated carbocycles. The highest BCUT2D eigenvalue weighted by Crippen LogP contribution is 2.32. The van der Waals surface area contributed by atoms with Gasteiger partial charge >= 0.3 is 12.3 Å². The van der Waals surface area contributed by atoms with Gasteiger partial charge in [0, 0.05) is 17.7 Å². The average molecular weight is 293 g/mol. The van der Waals surface area contributed by atoms with Crippen molar-refractivity contribution in [2.24, 2.45) is 5.73 Å². The highest BCUT2D eigenvalue weighted by Gasteiger charge is 2.31. The summed E-state index contributed by atoms with van der Waals surface area (Å²) in [5.41, 5.74) is 6.16. The van der Waals surface area contributed by atoms with Gasteiger partial charge < -0.3 is 19.9 Å². The lowest BCUT2D eigenvalue weighted by atomic mass is 10.0. The maximum atomic E-state index is 12.1. The Balaban J connectivity index is 2.95. The predicted molar refractivity (Wildman–Crippen MR) is 63.2 cm³/mol. The number of hydrogen-bond donors (Lipinski definition) is 1. The Morgan fingerprint density at radius 2 is 2.00 bits per heavy atom. The smallest absolute Gasteiger partial charge is 0.496 e. The molecule has 5 nitrogen and oxygen atoms in total. The van der Waals surface area contributed by atoms with E-state index in [1.165, 1.54) is 20.3 Å². The van der Waals surface area contributed by atoms with Gasteiger partial charge in [0.05, 0.1) is 20.6 Å². The average Bonchev–Trinajstić information content (AvgIpc) is 2.36. The first-order valence-electron chi connectivity index (χ1n) is 5.53. The van der Waals surface area contributed by atoms with E-state index in [9.17, 15) is 18.0 Å². The molecule has 1 aromatic rings. The van der Waals surface area contributed by atoms with Gasteiger partial charge in [0.15, 0.2) is 0 Å². The molecule has 0 aliphatic rings. The van der Waals surface area contributed by atoms with Gasteiger partial charge in [0.25, 0.3) is 0 Å². The van der Waals surface area contributed by atoms with Crippen molar-refractivity contribution in [1.29, 1.82) is 0 Å². The van der Waals surface area contributed by atoms with Crippen molar-refractivity contribution >= 4 is 5.97 Å². The number of carbonyl (C=O) groups excluding carboxylic acids is 1. The zero-order chi connectivity index (χ0) is 15.3. The molecule has 0 spiro atoms. The second-order valence-corrected chi connectivity index (χ2v) is 3.84. The van der Waals surface area contributed by atoms with Gasteiger partial charge in [-0.3, -0.25) is 4.79 Å². The fourth-order valence-electron chi connectivity index (χ4n) is 1.57. The number of rotatable bonds is 5. The van der Waals surface area contributed by atoms with Crippen molar-refractivity contribution in [3.63, 3.8) is 0 Å². The van der Waals surface area contributed by atoms with Crippen LogP contribution in [-0.2, 0) is 9.53 Å². The highest BCUT2D eigenvalue weighted by molar-refractivity contribution is 5.70. The topological polar surface area (TPSA) is 70.8 Å². The van der Waals surface area contributed by atoms with Gasteiger partial charge in [-0.2, -0.15) is 0 Å². The largest absolute Gasteiger partial charge is 0.573 e. The number of benzene rings is 1. The van der Waals surface area contributed by atoms with E-state index in [-0.39, 0.29) is 12.2 Å². The summed E-state index contributed by atoms with van der Waals surface area (Å²) in [7, 11) is 2.49. The van der Waals surface area contributed by atoms with E-state index in [1.807, 2.05) is 0 Å². The van der Waals surface area contributed by atoms with E-state index >= 15 is 0 Å². The van der Waals surface area contributed by atoms with Crippen molar-refractivity contribution in [2.45, 2.75) is 18.8 Å². The molecule has 0 fully saturated rings. The first-order chi connectivity index (χ1) is 9.26. The summed E-state index contributed by atoms with van der Waals surface area (Å²) < 4.78 is 49.5. The summed E-state index contributed by atoms with van der Waals surface area (Å²) in [6.45, 7) is 0. The molecule has 20 heavy (non-hydrogen) atoms. The van der Waals surface area contributed by atoms with E-state index < -0.39 is 24.1 Å². The molecule has 0 aliphatic heterocycles. The Labute approximate surface area is 113 Å². The molecule has 112 valence electrons. The second kappa shape index (κ2) is 6.47. The third-order valence-corrected chi connectivity index (χ3v) is 2.45. The molecular formula is C12H14F3NO4. The lowest BCUT2D eigenvalue weighted by Gasteiger charge is -2.16. The van der Waals surface area contributed by atoms with E-state index in [4.69, 9.17) is 10.5 Å². The van der Waals surface area contributed by atoms with E-state index in [0.29, 0.717) is 5.56 Å². The van der Waals surface area contributed by atoms with Crippen LogP contribution in [0.15, 0.2) is 18.2 Å². The molecule has 1 rings (SSSR count). The van der Waals surface area contributed by atoms with Crippen LogP contribution in [0.5, 0.6) is 11.5 Å². The number of methoxy groups -OCH3 is 2. The number of hydrogen-bond acceptors (Lipinski definition) is 5. The molecule has 0 saturated heterocycles. The van der Waals surface area contributed by atoms with Gasteiger partial charge in [-0.25, -0.2) is 0 Å². The minimum atomic E-state index is -4.79. The third-order valence-electron chi connectivity index (χ3n) is 2.45. The molecule has 0 aromatic heterocycles. The fraction of sp³-hybridized carbons (Fsp3) is 0.417. The Hall–Kier alpha value is -1.96. The summed E-state index contributed by atoms with van der Waals surface area (Å²) in [4.78, 5) is 11.1. The second-order valence-electron chi connectivity index (χ2n) is 3.84. The maximum Gasteiger partial charge on any atom is 0.573 e. The molecule has 8 heteroatoms. The number of carbonyl (C=O) groups is 1. The Kier molecular flexibility index (Phi) is 5.20. The van der Waals surface area contributed by atoms with Crippen LogP contribution in [0.25, 0.3) is 0 Å². The van der Waals surface area contributed by atoms with E-state index in [0.717, 1.165) is 12.1 Å².